The largest absolute Gasteiger partial charge is 0.324 e. The number of hydrogen-bond acceptors (Lipinski definition) is 2. The lowest BCUT2D eigenvalue weighted by molar-refractivity contribution is 0.178. The lowest BCUT2D eigenvalue weighted by Crippen LogP contribution is -2.36. The summed E-state index contributed by atoms with van der Waals surface area (Å²) >= 11 is 0. The van der Waals surface area contributed by atoms with Gasteiger partial charge in [0.25, 0.3) is 0 Å². The topological polar surface area (TPSA) is 29.3 Å². The fourth-order valence-electron chi connectivity index (χ4n) is 2.79. The van der Waals surface area contributed by atoms with E-state index in [0.29, 0.717) is 0 Å². The van der Waals surface area contributed by atoms with Gasteiger partial charge in [-0.1, -0.05) is 36.8 Å². The third kappa shape index (κ3) is 3.82. The average Bonchev–Trinajstić information content (AvgIpc) is 2.37. The summed E-state index contributed by atoms with van der Waals surface area (Å²) in [6, 6.07) is 8.82. The molecule has 1 aromatic carbocycles. The smallest absolute Gasteiger partial charge is 0.0307 e. The highest BCUT2D eigenvalue weighted by atomic mass is 15.1. The minimum atomic E-state index is 0.183. The standard InChI is InChI=1S/C16H26N2/c1-13-5-7-15(8-6-13)16(17)9-11-18-10-3-4-14(2)12-18/h5-8,14,16H,3-4,9-12,17H2,1-2H3. The van der Waals surface area contributed by atoms with Gasteiger partial charge in [-0.25, -0.2) is 0 Å². The van der Waals surface area contributed by atoms with Crippen molar-refractivity contribution < 1.29 is 0 Å². The number of hydrogen-bond donors (Lipinski definition) is 1. The fraction of sp³-hybridized carbons (Fsp3) is 0.625. The molecule has 100 valence electrons. The van der Waals surface area contributed by atoms with Gasteiger partial charge in [-0.2, -0.15) is 0 Å². The van der Waals surface area contributed by atoms with Gasteiger partial charge in [0.1, 0.15) is 0 Å². The monoisotopic (exact) mass is 246 g/mol. The molecule has 0 radical (unpaired) electrons. The van der Waals surface area contributed by atoms with Gasteiger partial charge in [0.2, 0.25) is 0 Å². The molecule has 1 fully saturated rings. The molecule has 0 amide bonds. The number of likely N-dealkylation sites (tertiary alicyclic amines) is 1. The van der Waals surface area contributed by atoms with Crippen LogP contribution < -0.4 is 5.73 Å². The summed E-state index contributed by atoms with van der Waals surface area (Å²) in [4.78, 5) is 2.57. The van der Waals surface area contributed by atoms with Gasteiger partial charge in [-0.15, -0.1) is 0 Å². The first kappa shape index (κ1) is 13.6. The van der Waals surface area contributed by atoms with Crippen molar-refractivity contribution in [3.63, 3.8) is 0 Å². The molecule has 2 nitrogen and oxygen atoms in total. The number of nitrogens with zero attached hydrogens (tertiary/aromatic N) is 1. The molecule has 1 aromatic rings. The predicted molar refractivity (Wildman–Crippen MR) is 77.6 cm³/mol. The zero-order valence-corrected chi connectivity index (χ0v) is 11.7. The number of rotatable bonds is 4. The molecule has 1 heterocycles. The predicted octanol–water partition coefficient (Wildman–Crippen LogP) is 3.12. The maximum Gasteiger partial charge on any atom is 0.0307 e. The number of aryl methyl sites for hydroxylation is 1. The molecule has 0 bridgehead atoms. The molecule has 0 aromatic heterocycles. The first-order chi connectivity index (χ1) is 8.65. The Balaban J connectivity index is 1.80. The molecule has 0 aliphatic carbocycles. The van der Waals surface area contributed by atoms with Gasteiger partial charge in [-0.05, 0) is 50.8 Å². The lowest BCUT2D eigenvalue weighted by Gasteiger charge is -2.31. The van der Waals surface area contributed by atoms with Crippen LogP contribution in [-0.2, 0) is 0 Å². The zero-order chi connectivity index (χ0) is 13.0. The van der Waals surface area contributed by atoms with Crippen LogP contribution in [0.4, 0.5) is 0 Å². The Hall–Kier alpha value is -0.860. The van der Waals surface area contributed by atoms with Crippen LogP contribution in [0.25, 0.3) is 0 Å². The van der Waals surface area contributed by atoms with Crippen molar-refractivity contribution >= 4 is 0 Å². The van der Waals surface area contributed by atoms with Crippen LogP contribution in [0, 0.1) is 12.8 Å². The van der Waals surface area contributed by atoms with Crippen LogP contribution in [0.15, 0.2) is 24.3 Å². The van der Waals surface area contributed by atoms with Crippen molar-refractivity contribution in [1.82, 2.24) is 4.90 Å². The minimum absolute atomic E-state index is 0.183. The van der Waals surface area contributed by atoms with E-state index in [1.54, 1.807) is 0 Å². The number of piperidine rings is 1. The minimum Gasteiger partial charge on any atom is -0.324 e. The van der Waals surface area contributed by atoms with Gasteiger partial charge in [0.15, 0.2) is 0 Å². The second kappa shape index (κ2) is 6.35. The van der Waals surface area contributed by atoms with E-state index >= 15 is 0 Å². The van der Waals surface area contributed by atoms with E-state index in [1.807, 2.05) is 0 Å². The molecule has 2 unspecified atom stereocenters. The summed E-state index contributed by atoms with van der Waals surface area (Å²) in [5.41, 5.74) is 8.84. The summed E-state index contributed by atoms with van der Waals surface area (Å²) < 4.78 is 0. The molecule has 1 saturated heterocycles. The highest BCUT2D eigenvalue weighted by Gasteiger charge is 2.16. The molecule has 0 spiro atoms. The first-order valence-corrected chi connectivity index (χ1v) is 7.19. The Bertz CT molecular complexity index is 358. The lowest BCUT2D eigenvalue weighted by atomic mass is 9.99. The molecule has 2 atom stereocenters. The van der Waals surface area contributed by atoms with Crippen molar-refractivity contribution in [3.8, 4) is 0 Å². The van der Waals surface area contributed by atoms with E-state index in [2.05, 4.69) is 43.0 Å². The maximum atomic E-state index is 6.27. The van der Waals surface area contributed by atoms with E-state index in [4.69, 9.17) is 5.73 Å². The van der Waals surface area contributed by atoms with Crippen LogP contribution in [-0.4, -0.2) is 24.5 Å². The molecular formula is C16H26N2. The molecule has 2 rings (SSSR count). The third-order valence-corrected chi connectivity index (χ3v) is 4.00. The molecule has 0 saturated carbocycles. The Labute approximate surface area is 111 Å². The van der Waals surface area contributed by atoms with Crippen molar-refractivity contribution in [2.24, 2.45) is 11.7 Å². The van der Waals surface area contributed by atoms with Gasteiger partial charge in [0.05, 0.1) is 0 Å². The Morgan fingerprint density at radius 1 is 1.33 bits per heavy atom. The SMILES string of the molecule is Cc1ccc(C(N)CCN2CCCC(C)C2)cc1. The summed E-state index contributed by atoms with van der Waals surface area (Å²) in [6.45, 7) is 8.11. The highest BCUT2D eigenvalue weighted by molar-refractivity contribution is 5.23. The van der Waals surface area contributed by atoms with Gasteiger partial charge < -0.3 is 10.6 Å². The number of benzene rings is 1. The quantitative estimate of drug-likeness (QED) is 0.884. The second-order valence-corrected chi connectivity index (χ2v) is 5.85. The van der Waals surface area contributed by atoms with E-state index in [1.165, 1.54) is 37.1 Å². The number of nitrogens with two attached hydrogens (primary N) is 1. The Morgan fingerprint density at radius 2 is 2.06 bits per heavy atom. The maximum absolute atomic E-state index is 6.27. The van der Waals surface area contributed by atoms with Crippen molar-refractivity contribution in [1.29, 1.82) is 0 Å². The van der Waals surface area contributed by atoms with Crippen molar-refractivity contribution in [2.45, 2.75) is 39.2 Å². The van der Waals surface area contributed by atoms with Crippen LogP contribution in [0.2, 0.25) is 0 Å². The summed E-state index contributed by atoms with van der Waals surface area (Å²) in [5, 5.41) is 0. The highest BCUT2D eigenvalue weighted by Crippen LogP contribution is 2.19. The van der Waals surface area contributed by atoms with Crippen LogP contribution in [0.5, 0.6) is 0 Å². The Kier molecular flexibility index (Phi) is 4.79. The molecule has 1 aliphatic heterocycles. The molecular weight excluding hydrogens is 220 g/mol. The summed E-state index contributed by atoms with van der Waals surface area (Å²) in [7, 11) is 0. The third-order valence-electron chi connectivity index (χ3n) is 4.00. The fourth-order valence-corrected chi connectivity index (χ4v) is 2.79. The Morgan fingerprint density at radius 3 is 2.72 bits per heavy atom. The molecule has 1 aliphatic rings. The van der Waals surface area contributed by atoms with Crippen LogP contribution in [0.1, 0.15) is 43.4 Å². The first-order valence-electron chi connectivity index (χ1n) is 7.19. The van der Waals surface area contributed by atoms with Crippen molar-refractivity contribution in [3.05, 3.63) is 35.4 Å². The summed E-state index contributed by atoms with van der Waals surface area (Å²) in [6.07, 6.45) is 3.80. The summed E-state index contributed by atoms with van der Waals surface area (Å²) in [5.74, 6) is 0.856. The van der Waals surface area contributed by atoms with E-state index in [-0.39, 0.29) is 6.04 Å². The average molecular weight is 246 g/mol. The van der Waals surface area contributed by atoms with E-state index < -0.39 is 0 Å². The molecule has 2 heteroatoms. The van der Waals surface area contributed by atoms with Crippen LogP contribution >= 0.6 is 0 Å². The molecule has 18 heavy (non-hydrogen) atoms. The molecule has 2 N–H and O–H groups in total. The van der Waals surface area contributed by atoms with E-state index in [9.17, 15) is 0 Å². The van der Waals surface area contributed by atoms with Gasteiger partial charge >= 0.3 is 0 Å². The normalized spacial score (nSPS) is 22.9. The second-order valence-electron chi connectivity index (χ2n) is 5.85. The zero-order valence-electron chi connectivity index (χ0n) is 11.7. The van der Waals surface area contributed by atoms with Crippen LogP contribution in [0.3, 0.4) is 0 Å². The van der Waals surface area contributed by atoms with Crippen molar-refractivity contribution in [2.75, 3.05) is 19.6 Å². The van der Waals surface area contributed by atoms with Gasteiger partial charge in [0, 0.05) is 12.6 Å². The van der Waals surface area contributed by atoms with E-state index in [0.717, 1.165) is 18.9 Å². The van der Waals surface area contributed by atoms with Gasteiger partial charge in [-0.3, -0.25) is 0 Å².